The Morgan fingerprint density at radius 3 is 2.48 bits per heavy atom. The van der Waals surface area contributed by atoms with E-state index in [0.717, 1.165) is 28.3 Å². The van der Waals surface area contributed by atoms with Crippen molar-refractivity contribution >= 4 is 34.9 Å². The number of nitrogens with zero attached hydrogens (tertiary/aromatic N) is 9. The van der Waals surface area contributed by atoms with Gasteiger partial charge >= 0.3 is 6.18 Å². The highest BCUT2D eigenvalue weighted by atomic mass is 35.5. The molecule has 1 saturated heterocycles. The third kappa shape index (κ3) is 7.17. The number of benzene rings is 2. The van der Waals surface area contributed by atoms with Crippen LogP contribution in [0.5, 0.6) is 5.75 Å². The molecule has 300 valence electrons. The molecular formula is C39H36ClF3N10O5. The van der Waals surface area contributed by atoms with Gasteiger partial charge in [0.1, 0.15) is 25.1 Å². The Morgan fingerprint density at radius 2 is 1.79 bits per heavy atom. The van der Waals surface area contributed by atoms with Crippen LogP contribution < -0.4 is 15.6 Å². The molecule has 15 nitrogen and oxygen atoms in total. The fraction of sp³-hybridized carbons (Fsp3) is 0.333. The van der Waals surface area contributed by atoms with Crippen LogP contribution in [0.3, 0.4) is 0 Å². The van der Waals surface area contributed by atoms with E-state index in [1.807, 2.05) is 30.3 Å². The van der Waals surface area contributed by atoms with Gasteiger partial charge in [0.2, 0.25) is 11.7 Å². The molecule has 8 rings (SSSR count). The van der Waals surface area contributed by atoms with Crippen LogP contribution in [0.15, 0.2) is 65.8 Å². The van der Waals surface area contributed by atoms with Gasteiger partial charge in [-0.25, -0.2) is 9.97 Å². The molecule has 2 amide bonds. The number of amides is 2. The van der Waals surface area contributed by atoms with Crippen molar-refractivity contribution in [3.05, 3.63) is 116 Å². The van der Waals surface area contributed by atoms with Gasteiger partial charge in [0.25, 0.3) is 11.5 Å². The van der Waals surface area contributed by atoms with Crippen molar-refractivity contribution in [2.24, 2.45) is 7.05 Å². The maximum atomic E-state index is 14.6. The van der Waals surface area contributed by atoms with Gasteiger partial charge < -0.3 is 24.3 Å². The predicted molar refractivity (Wildman–Crippen MR) is 203 cm³/mol. The second-order valence-electron chi connectivity index (χ2n) is 14.2. The second kappa shape index (κ2) is 15.0. The quantitative estimate of drug-likeness (QED) is 0.214. The molecule has 0 atom stereocenters. The third-order valence-electron chi connectivity index (χ3n) is 10.4. The summed E-state index contributed by atoms with van der Waals surface area (Å²) >= 11 is 6.17. The minimum Gasteiger partial charge on any atom is -0.485 e. The van der Waals surface area contributed by atoms with Crippen LogP contribution in [0.4, 0.5) is 18.9 Å². The summed E-state index contributed by atoms with van der Waals surface area (Å²) in [5.74, 6) is -0.447. The van der Waals surface area contributed by atoms with Gasteiger partial charge in [-0.05, 0) is 50.5 Å². The summed E-state index contributed by atoms with van der Waals surface area (Å²) in [4.78, 5) is 57.2. The summed E-state index contributed by atoms with van der Waals surface area (Å²) in [5, 5.41) is 11.3. The average molecular weight is 817 g/mol. The summed E-state index contributed by atoms with van der Waals surface area (Å²) in [6.45, 7) is 3.91. The Hall–Kier alpha value is -6.14. The van der Waals surface area contributed by atoms with E-state index in [4.69, 9.17) is 26.1 Å². The Labute approximate surface area is 333 Å². The average Bonchev–Trinajstić information content (AvgIpc) is 3.79. The van der Waals surface area contributed by atoms with Crippen molar-refractivity contribution in [3.8, 4) is 17.1 Å². The van der Waals surface area contributed by atoms with Crippen LogP contribution in [0.2, 0.25) is 5.02 Å². The van der Waals surface area contributed by atoms with E-state index in [2.05, 4.69) is 25.5 Å². The van der Waals surface area contributed by atoms with Crippen molar-refractivity contribution in [2.45, 2.75) is 58.0 Å². The first-order valence-corrected chi connectivity index (χ1v) is 18.7. The number of alkyl halides is 3. The zero-order valence-electron chi connectivity index (χ0n) is 31.5. The van der Waals surface area contributed by atoms with E-state index in [1.54, 1.807) is 41.2 Å². The van der Waals surface area contributed by atoms with E-state index >= 15 is 0 Å². The molecule has 1 spiro atoms. The number of rotatable bonds is 8. The van der Waals surface area contributed by atoms with Crippen LogP contribution in [0, 0.1) is 13.8 Å². The first kappa shape index (κ1) is 38.7. The standard InChI is InChI=1S/C39H36ClF3N10O5/c1-22-26(18-50(3)48-22)34-47-37-52(19-30(54)46-28-10-9-25(17-27(28)40)39(41,42)43)29-11-16-58-38(31(29)35(55)53(37)49-34)12-14-51(15-13-38)36(56)32-33(23(2)44-21-45-32)57-20-24-7-5-4-6-8-24/h4-10,17-18,21H,11-16,19-20H2,1-3H3,(H,46,54). The molecule has 4 aromatic heterocycles. The minimum atomic E-state index is -4.62. The molecule has 6 heterocycles. The molecule has 0 aliphatic carbocycles. The van der Waals surface area contributed by atoms with Gasteiger partial charge in [-0.3, -0.25) is 19.1 Å². The predicted octanol–water partition coefficient (Wildman–Crippen LogP) is 5.29. The van der Waals surface area contributed by atoms with Crippen LogP contribution in [0.1, 0.15) is 57.1 Å². The molecule has 58 heavy (non-hydrogen) atoms. The van der Waals surface area contributed by atoms with Gasteiger partial charge in [-0.15, -0.1) is 5.10 Å². The Morgan fingerprint density at radius 1 is 1.03 bits per heavy atom. The Kier molecular flexibility index (Phi) is 10.0. The van der Waals surface area contributed by atoms with E-state index in [0.29, 0.717) is 22.6 Å². The van der Waals surface area contributed by atoms with Crippen molar-refractivity contribution in [2.75, 3.05) is 25.0 Å². The molecule has 1 N–H and O–H groups in total. The van der Waals surface area contributed by atoms with Gasteiger partial charge in [0.05, 0.1) is 45.4 Å². The molecule has 0 radical (unpaired) electrons. The number of nitrogens with one attached hydrogen (secondary N) is 1. The van der Waals surface area contributed by atoms with Crippen molar-refractivity contribution < 1.29 is 32.2 Å². The first-order valence-electron chi connectivity index (χ1n) is 18.3. The SMILES string of the molecule is Cc1nn(C)cc1-c1nc2n(CC(=O)Nc3ccc(C(F)(F)F)cc3Cl)c3c(c(=O)n2n1)C1(CCN(C(=O)c2ncnc(C)c2OCc2ccccc2)CC1)OCC3. The number of hydrogen-bond donors (Lipinski definition) is 1. The van der Waals surface area contributed by atoms with Crippen LogP contribution in [0.25, 0.3) is 17.2 Å². The number of fused-ring (bicyclic) bond motifs is 3. The summed E-state index contributed by atoms with van der Waals surface area (Å²) < 4.78 is 56.8. The summed E-state index contributed by atoms with van der Waals surface area (Å²) in [6, 6.07) is 12.2. The summed E-state index contributed by atoms with van der Waals surface area (Å²) in [7, 11) is 1.74. The molecule has 2 aliphatic heterocycles. The van der Waals surface area contributed by atoms with Crippen molar-refractivity contribution in [3.63, 3.8) is 0 Å². The van der Waals surface area contributed by atoms with E-state index in [1.165, 1.54) is 6.33 Å². The number of aryl methyl sites for hydroxylation is 3. The van der Waals surface area contributed by atoms with Crippen molar-refractivity contribution in [1.82, 2.24) is 43.8 Å². The van der Waals surface area contributed by atoms with Gasteiger partial charge in [-0.2, -0.15) is 27.8 Å². The minimum absolute atomic E-state index is 0.0249. The van der Waals surface area contributed by atoms with Crippen molar-refractivity contribution in [1.29, 1.82) is 0 Å². The normalized spacial score (nSPS) is 15.1. The maximum absolute atomic E-state index is 14.6. The molecule has 1 fully saturated rings. The molecular weight excluding hydrogens is 781 g/mol. The van der Waals surface area contributed by atoms with Gasteiger partial charge in [0.15, 0.2) is 17.3 Å². The van der Waals surface area contributed by atoms with Gasteiger partial charge in [0, 0.05) is 38.4 Å². The highest BCUT2D eigenvalue weighted by molar-refractivity contribution is 6.33. The lowest BCUT2D eigenvalue weighted by Gasteiger charge is -2.44. The number of carbonyl (C=O) groups excluding carboxylic acids is 2. The topological polar surface area (TPSA) is 164 Å². The highest BCUT2D eigenvalue weighted by Crippen LogP contribution is 2.41. The fourth-order valence-corrected chi connectivity index (χ4v) is 7.82. The van der Waals surface area contributed by atoms with E-state index in [9.17, 15) is 27.6 Å². The monoisotopic (exact) mass is 816 g/mol. The Bertz CT molecular complexity index is 2630. The number of anilines is 1. The maximum Gasteiger partial charge on any atom is 0.416 e. The van der Waals surface area contributed by atoms with E-state index in [-0.39, 0.29) is 90.8 Å². The fourth-order valence-electron chi connectivity index (χ4n) is 7.59. The summed E-state index contributed by atoms with van der Waals surface area (Å²) in [6.07, 6.45) is -0.899. The lowest BCUT2D eigenvalue weighted by Crippen LogP contribution is -2.52. The number of carbonyl (C=O) groups is 2. The second-order valence-corrected chi connectivity index (χ2v) is 14.6. The molecule has 19 heteroatoms. The van der Waals surface area contributed by atoms with Crippen LogP contribution >= 0.6 is 11.6 Å². The molecule has 0 unspecified atom stereocenters. The smallest absolute Gasteiger partial charge is 0.416 e. The molecule has 0 saturated carbocycles. The largest absolute Gasteiger partial charge is 0.485 e. The zero-order valence-corrected chi connectivity index (χ0v) is 32.3. The number of aromatic nitrogens is 8. The van der Waals surface area contributed by atoms with Crippen LogP contribution in [-0.2, 0) is 47.9 Å². The summed E-state index contributed by atoms with van der Waals surface area (Å²) in [5.41, 5.74) is 0.854. The molecule has 0 bridgehead atoms. The molecule has 2 aliphatic rings. The lowest BCUT2D eigenvalue weighted by molar-refractivity contribution is -0.137. The van der Waals surface area contributed by atoms with Crippen LogP contribution in [-0.4, -0.2) is 75.3 Å². The number of piperidine rings is 1. The highest BCUT2D eigenvalue weighted by Gasteiger charge is 2.46. The zero-order chi connectivity index (χ0) is 40.9. The molecule has 6 aromatic rings. The van der Waals surface area contributed by atoms with E-state index < -0.39 is 35.4 Å². The third-order valence-corrected chi connectivity index (χ3v) is 10.7. The first-order chi connectivity index (χ1) is 27.7. The van der Waals surface area contributed by atoms with Gasteiger partial charge in [-0.1, -0.05) is 41.9 Å². The lowest BCUT2D eigenvalue weighted by atomic mass is 9.81. The number of halogens is 4. The number of hydrogen-bond acceptors (Lipinski definition) is 10. The number of likely N-dealkylation sites (tertiary alicyclic amines) is 1. The Balaban J connectivity index is 1.13. The number of ether oxygens (including phenoxy) is 2. The molecule has 2 aromatic carbocycles.